The zero-order valence-electron chi connectivity index (χ0n) is 8.47. The van der Waals surface area contributed by atoms with E-state index >= 15 is 0 Å². The molecular weight excluding hydrogens is 246 g/mol. The number of carbonyl (C=O) groups excluding carboxylic acids is 1. The second-order valence-corrected chi connectivity index (χ2v) is 4.94. The van der Waals surface area contributed by atoms with Gasteiger partial charge in [0, 0.05) is 16.8 Å². The minimum absolute atomic E-state index is 0.212. The molecule has 0 amide bonds. The molecule has 1 N–H and O–H groups in total. The van der Waals surface area contributed by atoms with Crippen molar-refractivity contribution in [3.63, 3.8) is 0 Å². The van der Waals surface area contributed by atoms with Gasteiger partial charge in [-0.2, -0.15) is 0 Å². The largest absolute Gasteiger partial charge is 0.343 e. The summed E-state index contributed by atoms with van der Waals surface area (Å²) in [5, 5.41) is 8.80. The van der Waals surface area contributed by atoms with Gasteiger partial charge in [0.1, 0.15) is 0 Å². The Kier molecular flexibility index (Phi) is 3.25. The van der Waals surface area contributed by atoms with Gasteiger partial charge >= 0.3 is 5.69 Å². The summed E-state index contributed by atoms with van der Waals surface area (Å²) in [6, 6.07) is 1.78. The monoisotopic (exact) mass is 255 g/mol. The van der Waals surface area contributed by atoms with Gasteiger partial charge in [0.2, 0.25) is 0 Å². The van der Waals surface area contributed by atoms with Crippen LogP contribution in [0.3, 0.4) is 0 Å². The van der Waals surface area contributed by atoms with Crippen LogP contribution in [0.4, 0.5) is 0 Å². The second kappa shape index (κ2) is 4.67. The fourth-order valence-electron chi connectivity index (χ4n) is 1.22. The van der Waals surface area contributed by atoms with Gasteiger partial charge in [-0.15, -0.1) is 16.4 Å². The summed E-state index contributed by atoms with van der Waals surface area (Å²) in [5.41, 5.74) is -0.212. The molecule has 7 heteroatoms. The van der Waals surface area contributed by atoms with Crippen LogP contribution in [0, 0.1) is 0 Å². The van der Waals surface area contributed by atoms with Crippen molar-refractivity contribution in [2.45, 2.75) is 23.5 Å². The van der Waals surface area contributed by atoms with Gasteiger partial charge in [0.15, 0.2) is 11.4 Å². The van der Waals surface area contributed by atoms with Crippen LogP contribution in [0.5, 0.6) is 0 Å². The number of carbonyl (C=O) groups is 1. The lowest BCUT2D eigenvalue weighted by molar-refractivity contribution is 0.112. The number of rotatable bonds is 4. The molecule has 0 aliphatic rings. The Hall–Kier alpha value is -1.34. The Labute approximate surface area is 99.5 Å². The molecule has 16 heavy (non-hydrogen) atoms. The molecule has 0 fully saturated rings. The molecule has 0 aliphatic carbocycles. The van der Waals surface area contributed by atoms with Gasteiger partial charge < -0.3 is 0 Å². The Morgan fingerprint density at radius 1 is 1.69 bits per heavy atom. The molecule has 0 radical (unpaired) electrons. The highest BCUT2D eigenvalue weighted by Crippen LogP contribution is 2.28. The first-order valence-corrected chi connectivity index (χ1v) is 6.31. The fourth-order valence-corrected chi connectivity index (χ4v) is 3.01. The van der Waals surface area contributed by atoms with Crippen molar-refractivity contribution < 1.29 is 4.79 Å². The minimum atomic E-state index is -0.212. The number of hydrogen-bond acceptors (Lipinski definition) is 5. The van der Waals surface area contributed by atoms with E-state index < -0.39 is 0 Å². The highest BCUT2D eigenvalue weighted by molar-refractivity contribution is 7.99. The van der Waals surface area contributed by atoms with Gasteiger partial charge in [-0.05, 0) is 24.8 Å². The molecule has 84 valence electrons. The molecule has 0 bridgehead atoms. The van der Waals surface area contributed by atoms with Crippen LogP contribution in [0.1, 0.15) is 16.6 Å². The first kappa shape index (κ1) is 11.2. The van der Waals surface area contributed by atoms with Crippen LogP contribution < -0.4 is 5.69 Å². The van der Waals surface area contributed by atoms with E-state index in [0.717, 1.165) is 11.2 Å². The van der Waals surface area contributed by atoms with Crippen LogP contribution in [0.15, 0.2) is 26.3 Å². The number of nitrogens with zero attached hydrogens (tertiary/aromatic N) is 2. The highest BCUT2D eigenvalue weighted by atomic mass is 32.2. The molecule has 0 saturated heterocycles. The van der Waals surface area contributed by atoms with Gasteiger partial charge in [0.25, 0.3) is 0 Å². The third kappa shape index (κ3) is 2.10. The fraction of sp³-hybridized carbons (Fsp3) is 0.222. The van der Waals surface area contributed by atoms with Crippen molar-refractivity contribution in [3.05, 3.63) is 26.8 Å². The Balaban J connectivity index is 2.26. The summed E-state index contributed by atoms with van der Waals surface area (Å²) in [6.45, 7) is 2.45. The third-order valence-corrected chi connectivity index (χ3v) is 3.93. The highest BCUT2D eigenvalue weighted by Gasteiger charge is 2.09. The molecule has 0 atom stereocenters. The minimum Gasteiger partial charge on any atom is -0.297 e. The molecule has 0 saturated carbocycles. The Bertz CT molecular complexity index is 555. The summed E-state index contributed by atoms with van der Waals surface area (Å²) in [5.74, 6) is 0. The standard InChI is InChI=1S/C9H9N3O2S2/c1-2-12-8(14)10-11-9(12)16-7-3-6(4-13)15-5-7/h3-5H,2H2,1H3,(H,10,14). The molecule has 0 spiro atoms. The molecule has 2 aromatic heterocycles. The summed E-state index contributed by atoms with van der Waals surface area (Å²) in [6.07, 6.45) is 0.812. The molecule has 0 aliphatic heterocycles. The number of aromatic nitrogens is 3. The maximum Gasteiger partial charge on any atom is 0.343 e. The van der Waals surface area contributed by atoms with Gasteiger partial charge in [0.05, 0.1) is 4.88 Å². The van der Waals surface area contributed by atoms with E-state index in [1.165, 1.54) is 23.1 Å². The van der Waals surface area contributed by atoms with Crippen LogP contribution >= 0.6 is 23.1 Å². The quantitative estimate of drug-likeness (QED) is 0.843. The summed E-state index contributed by atoms with van der Waals surface area (Å²) >= 11 is 2.74. The lowest BCUT2D eigenvalue weighted by Crippen LogP contribution is -2.15. The molecule has 0 unspecified atom stereocenters. The predicted molar refractivity (Wildman–Crippen MR) is 62.4 cm³/mol. The zero-order valence-corrected chi connectivity index (χ0v) is 10.1. The van der Waals surface area contributed by atoms with Crippen LogP contribution in [0.25, 0.3) is 0 Å². The Morgan fingerprint density at radius 2 is 2.50 bits per heavy atom. The van der Waals surface area contributed by atoms with Crippen LogP contribution in [-0.2, 0) is 6.54 Å². The summed E-state index contributed by atoms with van der Waals surface area (Å²) in [7, 11) is 0. The molecule has 2 rings (SSSR count). The number of nitrogens with one attached hydrogen (secondary N) is 1. The first-order chi connectivity index (χ1) is 7.74. The van der Waals surface area contributed by atoms with Gasteiger partial charge in [-0.25, -0.2) is 9.89 Å². The smallest absolute Gasteiger partial charge is 0.297 e. The topological polar surface area (TPSA) is 67.8 Å². The van der Waals surface area contributed by atoms with E-state index in [-0.39, 0.29) is 5.69 Å². The summed E-state index contributed by atoms with van der Waals surface area (Å²) < 4.78 is 1.54. The lowest BCUT2D eigenvalue weighted by Gasteiger charge is -1.98. The van der Waals surface area contributed by atoms with Crippen molar-refractivity contribution in [2.75, 3.05) is 0 Å². The zero-order chi connectivity index (χ0) is 11.5. The van der Waals surface area contributed by atoms with Crippen LogP contribution in [-0.4, -0.2) is 21.1 Å². The molecule has 2 aromatic rings. The number of thiophene rings is 1. The third-order valence-electron chi connectivity index (χ3n) is 1.96. The Morgan fingerprint density at radius 3 is 3.12 bits per heavy atom. The van der Waals surface area contributed by atoms with E-state index in [0.29, 0.717) is 16.6 Å². The van der Waals surface area contributed by atoms with E-state index in [1.54, 1.807) is 10.6 Å². The van der Waals surface area contributed by atoms with E-state index in [2.05, 4.69) is 10.2 Å². The van der Waals surface area contributed by atoms with Gasteiger partial charge in [-0.3, -0.25) is 9.36 Å². The molecular formula is C9H9N3O2S2. The maximum atomic E-state index is 11.3. The second-order valence-electron chi connectivity index (χ2n) is 2.96. The number of hydrogen-bond donors (Lipinski definition) is 1. The molecule has 2 heterocycles. The van der Waals surface area contributed by atoms with E-state index in [1.807, 2.05) is 12.3 Å². The van der Waals surface area contributed by atoms with Gasteiger partial charge in [-0.1, -0.05) is 0 Å². The molecule has 5 nitrogen and oxygen atoms in total. The average Bonchev–Trinajstić information content (AvgIpc) is 2.86. The van der Waals surface area contributed by atoms with Crippen molar-refractivity contribution in [1.29, 1.82) is 0 Å². The first-order valence-electron chi connectivity index (χ1n) is 4.61. The maximum absolute atomic E-state index is 11.3. The predicted octanol–water partition coefficient (Wildman–Crippen LogP) is 1.62. The normalized spacial score (nSPS) is 10.6. The molecule has 0 aromatic carbocycles. The number of aromatic amines is 1. The van der Waals surface area contributed by atoms with Crippen molar-refractivity contribution in [1.82, 2.24) is 14.8 Å². The van der Waals surface area contributed by atoms with E-state index in [9.17, 15) is 9.59 Å². The summed E-state index contributed by atoms with van der Waals surface area (Å²) in [4.78, 5) is 23.4. The van der Waals surface area contributed by atoms with Crippen molar-refractivity contribution >= 4 is 29.4 Å². The van der Waals surface area contributed by atoms with Crippen molar-refractivity contribution in [3.8, 4) is 0 Å². The lowest BCUT2D eigenvalue weighted by atomic mass is 10.5. The van der Waals surface area contributed by atoms with Crippen molar-refractivity contribution in [2.24, 2.45) is 0 Å². The average molecular weight is 255 g/mol. The number of H-pyrrole nitrogens is 1. The number of aldehydes is 1. The van der Waals surface area contributed by atoms with E-state index in [4.69, 9.17) is 0 Å². The SMILES string of the molecule is CCn1c(Sc2csc(C=O)c2)n[nH]c1=O. The van der Waals surface area contributed by atoms with Crippen LogP contribution in [0.2, 0.25) is 0 Å².